The number of nitrogens with zero attached hydrogens (tertiary/aromatic N) is 2. The molecule has 0 N–H and O–H groups in total. The number of hydrogen-bond acceptors (Lipinski definition) is 3. The number of anilines is 2. The van der Waals surface area contributed by atoms with E-state index >= 15 is 0 Å². The van der Waals surface area contributed by atoms with Gasteiger partial charge < -0.3 is 9.80 Å². The zero-order chi connectivity index (χ0) is 26.8. The molecular weight excluding hydrogens is 440 g/mol. The molecule has 1 aliphatic rings. The van der Waals surface area contributed by atoms with E-state index in [4.69, 9.17) is 0 Å². The van der Waals surface area contributed by atoms with Gasteiger partial charge in [0.1, 0.15) is 0 Å². The molecule has 0 radical (unpaired) electrons. The fraction of sp³-hybridized carbons (Fsp3) is 0.364. The molecule has 0 atom stereocenters. The Kier molecular flexibility index (Phi) is 7.70. The summed E-state index contributed by atoms with van der Waals surface area (Å²) in [5, 5.41) is 0. The van der Waals surface area contributed by atoms with E-state index < -0.39 is 0 Å². The van der Waals surface area contributed by atoms with Crippen LogP contribution in [0.3, 0.4) is 0 Å². The first-order chi connectivity index (χ1) is 16.7. The van der Waals surface area contributed by atoms with Crippen molar-refractivity contribution < 1.29 is 4.79 Å². The first kappa shape index (κ1) is 27.1. The number of ketones is 1. The van der Waals surface area contributed by atoms with Crippen LogP contribution in [0.5, 0.6) is 0 Å². The molecule has 0 aliphatic heterocycles. The van der Waals surface area contributed by atoms with Crippen molar-refractivity contribution in [2.45, 2.75) is 41.5 Å². The fourth-order valence-electron chi connectivity index (χ4n) is 4.11. The van der Waals surface area contributed by atoms with Gasteiger partial charge in [-0.25, -0.2) is 0 Å². The number of Topliss-reactive ketones (excluding diaryl/α,β-unsaturated/α-hetero) is 1. The largest absolute Gasteiger partial charge is 0.378 e. The van der Waals surface area contributed by atoms with Crippen molar-refractivity contribution >= 4 is 22.7 Å². The average molecular weight is 481 g/mol. The summed E-state index contributed by atoms with van der Waals surface area (Å²) >= 11 is 0. The van der Waals surface area contributed by atoms with E-state index in [2.05, 4.69) is 111 Å². The second-order valence-corrected chi connectivity index (χ2v) is 11.9. The highest BCUT2D eigenvalue weighted by molar-refractivity contribution is 6.11. The highest BCUT2D eigenvalue weighted by Crippen LogP contribution is 2.38. The van der Waals surface area contributed by atoms with Gasteiger partial charge in [-0.05, 0) is 58.4 Å². The zero-order valence-electron chi connectivity index (χ0n) is 23.6. The quantitative estimate of drug-likeness (QED) is 0.424. The number of carbonyl (C=O) groups excluding carboxylic acids is 1. The van der Waals surface area contributed by atoms with Crippen LogP contribution in [0.1, 0.15) is 52.7 Å². The monoisotopic (exact) mass is 480 g/mol. The first-order valence-electron chi connectivity index (χ1n) is 12.5. The fourth-order valence-corrected chi connectivity index (χ4v) is 4.11. The molecule has 0 aromatic heterocycles. The second-order valence-electron chi connectivity index (χ2n) is 11.9. The number of rotatable bonds is 4. The molecule has 0 amide bonds. The van der Waals surface area contributed by atoms with Gasteiger partial charge in [-0.3, -0.25) is 4.79 Å². The lowest BCUT2D eigenvalue weighted by molar-refractivity contribution is -0.114. The van der Waals surface area contributed by atoms with Gasteiger partial charge in [-0.15, -0.1) is 0 Å². The van der Waals surface area contributed by atoms with Gasteiger partial charge in [0.25, 0.3) is 0 Å². The maximum absolute atomic E-state index is 13.3. The van der Waals surface area contributed by atoms with Crippen molar-refractivity contribution in [1.82, 2.24) is 0 Å². The van der Waals surface area contributed by atoms with Crippen molar-refractivity contribution in [3.05, 3.63) is 100.0 Å². The first-order valence-corrected chi connectivity index (χ1v) is 12.5. The number of carbonyl (C=O) groups is 1. The van der Waals surface area contributed by atoms with E-state index in [1.165, 1.54) is 0 Å². The Morgan fingerprint density at radius 1 is 0.639 bits per heavy atom. The molecule has 0 unspecified atom stereocenters. The predicted octanol–water partition coefficient (Wildman–Crippen LogP) is 7.46. The van der Waals surface area contributed by atoms with Crippen LogP contribution in [0, 0.1) is 10.8 Å². The van der Waals surface area contributed by atoms with Crippen molar-refractivity contribution in [2.24, 2.45) is 10.8 Å². The number of hydrogen-bond donors (Lipinski definition) is 0. The van der Waals surface area contributed by atoms with Gasteiger partial charge in [0, 0.05) is 61.9 Å². The summed E-state index contributed by atoms with van der Waals surface area (Å²) in [6, 6.07) is 17.0. The van der Waals surface area contributed by atoms with Crippen molar-refractivity contribution in [3.8, 4) is 0 Å². The summed E-state index contributed by atoms with van der Waals surface area (Å²) in [4.78, 5) is 17.5. The lowest BCUT2D eigenvalue weighted by Gasteiger charge is -2.30. The Balaban J connectivity index is 2.30. The Labute approximate surface area is 217 Å². The molecule has 2 aromatic carbocycles. The summed E-state index contributed by atoms with van der Waals surface area (Å²) in [7, 11) is 8.16. The predicted molar refractivity (Wildman–Crippen MR) is 155 cm³/mol. The van der Waals surface area contributed by atoms with Crippen LogP contribution in [0.15, 0.2) is 88.9 Å². The molecule has 3 heteroatoms. The van der Waals surface area contributed by atoms with E-state index in [9.17, 15) is 4.79 Å². The third-order valence-electron chi connectivity index (χ3n) is 6.38. The van der Waals surface area contributed by atoms with E-state index in [0.29, 0.717) is 0 Å². The molecule has 0 fully saturated rings. The molecule has 36 heavy (non-hydrogen) atoms. The minimum absolute atomic E-state index is 0.128. The molecule has 3 rings (SSSR count). The average Bonchev–Trinajstić information content (AvgIpc) is 2.79. The molecule has 2 aromatic rings. The van der Waals surface area contributed by atoms with Crippen LogP contribution in [0.25, 0.3) is 5.57 Å². The lowest BCUT2D eigenvalue weighted by atomic mass is 9.72. The minimum Gasteiger partial charge on any atom is -0.378 e. The van der Waals surface area contributed by atoms with Crippen molar-refractivity contribution in [2.75, 3.05) is 38.0 Å². The van der Waals surface area contributed by atoms with Gasteiger partial charge in [0.15, 0.2) is 5.78 Å². The SMILES string of the molecule is CN(C)c1ccc(C(=C=C=C2C=C(C(C)(C)C)C(=O)C(C(C)(C)C)=C2)c2ccc(N(C)C)cc2)cc1. The van der Waals surface area contributed by atoms with Gasteiger partial charge in [-0.1, -0.05) is 77.3 Å². The van der Waals surface area contributed by atoms with Crippen molar-refractivity contribution in [1.29, 1.82) is 0 Å². The molecular formula is C33H40N2O. The molecule has 0 heterocycles. The Morgan fingerprint density at radius 3 is 1.31 bits per heavy atom. The molecule has 3 nitrogen and oxygen atoms in total. The highest BCUT2D eigenvalue weighted by atomic mass is 16.1. The molecule has 188 valence electrons. The second kappa shape index (κ2) is 10.2. The molecule has 0 bridgehead atoms. The third-order valence-corrected chi connectivity index (χ3v) is 6.38. The van der Waals surface area contributed by atoms with Crippen LogP contribution < -0.4 is 9.80 Å². The highest BCUT2D eigenvalue weighted by Gasteiger charge is 2.34. The third kappa shape index (κ3) is 6.18. The summed E-state index contributed by atoms with van der Waals surface area (Å²) in [6.45, 7) is 12.5. The van der Waals surface area contributed by atoms with Crippen LogP contribution in [-0.4, -0.2) is 34.0 Å². The van der Waals surface area contributed by atoms with Gasteiger partial charge in [0.2, 0.25) is 0 Å². The van der Waals surface area contributed by atoms with Crippen LogP contribution >= 0.6 is 0 Å². The summed E-state index contributed by atoms with van der Waals surface area (Å²) in [6.07, 6.45) is 3.96. The van der Waals surface area contributed by atoms with Crippen LogP contribution in [0.2, 0.25) is 0 Å². The molecule has 1 aliphatic carbocycles. The van der Waals surface area contributed by atoms with E-state index in [1.807, 2.05) is 40.3 Å². The van der Waals surface area contributed by atoms with E-state index in [-0.39, 0.29) is 16.6 Å². The summed E-state index contributed by atoms with van der Waals surface area (Å²) in [5.74, 6) is 0.128. The van der Waals surface area contributed by atoms with E-state index in [1.54, 1.807) is 0 Å². The zero-order valence-corrected chi connectivity index (χ0v) is 23.6. The van der Waals surface area contributed by atoms with Gasteiger partial charge in [0.05, 0.1) is 0 Å². The maximum atomic E-state index is 13.3. The minimum atomic E-state index is -0.259. The maximum Gasteiger partial charge on any atom is 0.186 e. The van der Waals surface area contributed by atoms with E-state index in [0.717, 1.165) is 44.8 Å². The molecule has 0 saturated carbocycles. The summed E-state index contributed by atoms with van der Waals surface area (Å²) in [5.41, 5.74) is 14.3. The Morgan fingerprint density at radius 2 is 1.00 bits per heavy atom. The standard InChI is InChI=1S/C33H40N2O/c1-32(2,3)29-21-23(22-30(31(29)36)33(4,5)6)11-20-28(24-12-16-26(17-13-24)34(7)8)25-14-18-27(19-15-25)35(9)10/h12-19,21-22H,1-10H3. The normalized spacial score (nSPS) is 13.9. The molecule has 0 spiro atoms. The Bertz CT molecular complexity index is 1200. The van der Waals surface area contributed by atoms with Gasteiger partial charge >= 0.3 is 0 Å². The number of benzene rings is 2. The van der Waals surface area contributed by atoms with Crippen LogP contribution in [0.4, 0.5) is 11.4 Å². The van der Waals surface area contributed by atoms with Crippen LogP contribution in [-0.2, 0) is 4.79 Å². The smallest absolute Gasteiger partial charge is 0.186 e. The number of allylic oxidation sites excluding steroid dienone is 5. The summed E-state index contributed by atoms with van der Waals surface area (Å²) < 4.78 is 0. The lowest BCUT2D eigenvalue weighted by Crippen LogP contribution is -2.27. The Hall–Kier alpha value is -3.51. The topological polar surface area (TPSA) is 23.6 Å². The van der Waals surface area contributed by atoms with Gasteiger partial charge in [-0.2, -0.15) is 0 Å². The van der Waals surface area contributed by atoms with Crippen molar-refractivity contribution in [3.63, 3.8) is 0 Å². The molecule has 0 saturated heterocycles.